The Balaban J connectivity index is 1.59. The fourth-order valence-electron chi connectivity index (χ4n) is 3.80. The van der Waals surface area contributed by atoms with Crippen molar-refractivity contribution in [3.8, 4) is 11.1 Å². The molecule has 0 aromatic heterocycles. The fourth-order valence-corrected chi connectivity index (χ4v) is 3.80. The van der Waals surface area contributed by atoms with Crippen LogP contribution in [0.4, 0.5) is 0 Å². The van der Waals surface area contributed by atoms with Gasteiger partial charge in [0.15, 0.2) is 5.78 Å². The second kappa shape index (κ2) is 6.89. The largest absolute Gasteiger partial charge is 0.292 e. The Bertz CT molecular complexity index is 885. The molecule has 0 N–H and O–H groups in total. The highest BCUT2D eigenvalue weighted by Crippen LogP contribution is 2.46. The van der Waals surface area contributed by atoms with E-state index < -0.39 is 0 Å². The molecule has 0 bridgehead atoms. The lowest BCUT2D eigenvalue weighted by Crippen LogP contribution is -2.18. The van der Waals surface area contributed by atoms with Gasteiger partial charge >= 0.3 is 0 Å². The number of carbonyl (C=O) groups is 1. The first kappa shape index (κ1) is 16.7. The van der Waals surface area contributed by atoms with Gasteiger partial charge in [0.05, 0.1) is 12.1 Å². The number of Topliss-reactive ketones (excluding diaryl/α,β-unsaturated/α-hetero) is 1. The van der Waals surface area contributed by atoms with E-state index in [0.29, 0.717) is 6.04 Å². The lowest BCUT2D eigenvalue weighted by atomic mass is 10.00. The highest BCUT2D eigenvalue weighted by Gasteiger charge is 2.54. The molecule has 1 fully saturated rings. The number of benzene rings is 3. The van der Waals surface area contributed by atoms with Crippen molar-refractivity contribution in [2.45, 2.75) is 32.0 Å². The summed E-state index contributed by atoms with van der Waals surface area (Å²) in [4.78, 5) is 15.3. The SMILES string of the molecule is CC(C)N1[C@H](c2ccc(-c3ccccc3)cc2)[C@@H]1C(=O)c1ccccc1. The molecule has 1 heterocycles. The Morgan fingerprint density at radius 2 is 1.31 bits per heavy atom. The minimum atomic E-state index is -0.0556. The van der Waals surface area contributed by atoms with Crippen LogP contribution >= 0.6 is 0 Å². The Morgan fingerprint density at radius 3 is 1.88 bits per heavy atom. The molecule has 26 heavy (non-hydrogen) atoms. The maximum Gasteiger partial charge on any atom is 0.181 e. The minimum absolute atomic E-state index is 0.0556. The van der Waals surface area contributed by atoms with Gasteiger partial charge in [0.2, 0.25) is 0 Å². The Morgan fingerprint density at radius 1 is 0.769 bits per heavy atom. The Kier molecular flexibility index (Phi) is 4.44. The number of nitrogens with zero attached hydrogens (tertiary/aromatic N) is 1. The molecule has 2 heteroatoms. The number of hydrogen-bond acceptors (Lipinski definition) is 2. The Labute approximate surface area is 155 Å². The molecule has 0 amide bonds. The van der Waals surface area contributed by atoms with E-state index in [2.05, 4.69) is 67.3 Å². The summed E-state index contributed by atoms with van der Waals surface area (Å²) in [5.41, 5.74) is 4.43. The summed E-state index contributed by atoms with van der Waals surface area (Å²) in [5.74, 6) is 0.219. The molecule has 3 atom stereocenters. The standard InChI is InChI=1S/C24H23NO/c1-17(2)25-22(23(25)24(26)21-11-7-4-8-12-21)20-15-13-19(14-16-20)18-9-5-3-6-10-18/h3-17,22-23H,1-2H3/t22-,23-,25?/m1/s1. The lowest BCUT2D eigenvalue weighted by Gasteiger charge is -2.08. The lowest BCUT2D eigenvalue weighted by molar-refractivity contribution is 0.0969. The summed E-state index contributed by atoms with van der Waals surface area (Å²) in [6.45, 7) is 4.31. The second-order valence-electron chi connectivity index (χ2n) is 7.15. The molecular formula is C24H23NO. The van der Waals surface area contributed by atoms with Crippen LogP contribution in [-0.4, -0.2) is 22.8 Å². The molecule has 3 aromatic rings. The van der Waals surface area contributed by atoms with Crippen LogP contribution in [-0.2, 0) is 0 Å². The molecule has 0 aliphatic carbocycles. The molecule has 3 aromatic carbocycles. The summed E-state index contributed by atoms with van der Waals surface area (Å²) in [5, 5.41) is 0. The molecule has 1 unspecified atom stereocenters. The first-order valence-corrected chi connectivity index (χ1v) is 9.19. The van der Waals surface area contributed by atoms with E-state index in [9.17, 15) is 4.79 Å². The van der Waals surface area contributed by atoms with Gasteiger partial charge in [0, 0.05) is 11.6 Å². The van der Waals surface area contributed by atoms with Gasteiger partial charge in [-0.15, -0.1) is 0 Å². The van der Waals surface area contributed by atoms with Crippen molar-refractivity contribution in [1.82, 2.24) is 4.90 Å². The zero-order valence-electron chi connectivity index (χ0n) is 15.2. The van der Waals surface area contributed by atoms with Crippen molar-refractivity contribution in [2.24, 2.45) is 0 Å². The third-order valence-electron chi connectivity index (χ3n) is 5.13. The van der Waals surface area contributed by atoms with Crippen molar-refractivity contribution in [3.05, 3.63) is 96.1 Å². The van der Waals surface area contributed by atoms with Crippen LogP contribution in [0.1, 0.15) is 35.8 Å². The molecule has 2 nitrogen and oxygen atoms in total. The van der Waals surface area contributed by atoms with Gasteiger partial charge in [-0.1, -0.05) is 84.9 Å². The third kappa shape index (κ3) is 3.09. The average Bonchev–Trinajstić information content (AvgIpc) is 3.45. The molecule has 4 rings (SSSR count). The van der Waals surface area contributed by atoms with Crippen molar-refractivity contribution in [2.75, 3.05) is 0 Å². The van der Waals surface area contributed by atoms with Crippen molar-refractivity contribution < 1.29 is 4.79 Å². The van der Waals surface area contributed by atoms with E-state index in [0.717, 1.165) is 5.56 Å². The zero-order valence-corrected chi connectivity index (χ0v) is 15.2. The van der Waals surface area contributed by atoms with E-state index in [1.165, 1.54) is 16.7 Å². The van der Waals surface area contributed by atoms with E-state index in [1.807, 2.05) is 36.4 Å². The molecule has 0 radical (unpaired) electrons. The van der Waals surface area contributed by atoms with Crippen LogP contribution < -0.4 is 0 Å². The first-order valence-electron chi connectivity index (χ1n) is 9.19. The first-order chi connectivity index (χ1) is 12.7. The van der Waals surface area contributed by atoms with Crippen LogP contribution in [0.15, 0.2) is 84.9 Å². The predicted octanol–water partition coefficient (Wildman–Crippen LogP) is 5.37. The maximum absolute atomic E-state index is 13.0. The third-order valence-corrected chi connectivity index (χ3v) is 5.13. The van der Waals surface area contributed by atoms with Crippen LogP contribution in [0.25, 0.3) is 11.1 Å². The maximum atomic E-state index is 13.0. The van der Waals surface area contributed by atoms with Gasteiger partial charge < -0.3 is 0 Å². The van der Waals surface area contributed by atoms with Gasteiger partial charge in [-0.05, 0) is 30.5 Å². The van der Waals surface area contributed by atoms with E-state index >= 15 is 0 Å². The fraction of sp³-hybridized carbons (Fsp3) is 0.208. The number of ketones is 1. The van der Waals surface area contributed by atoms with E-state index in [4.69, 9.17) is 0 Å². The van der Waals surface area contributed by atoms with Crippen LogP contribution in [0.2, 0.25) is 0 Å². The van der Waals surface area contributed by atoms with Crippen molar-refractivity contribution in [3.63, 3.8) is 0 Å². The molecule has 0 saturated carbocycles. The molecule has 1 saturated heterocycles. The van der Waals surface area contributed by atoms with Gasteiger partial charge in [-0.3, -0.25) is 9.69 Å². The highest BCUT2D eigenvalue weighted by atomic mass is 16.1. The second-order valence-corrected chi connectivity index (χ2v) is 7.15. The van der Waals surface area contributed by atoms with E-state index in [1.54, 1.807) is 0 Å². The van der Waals surface area contributed by atoms with Gasteiger partial charge in [0.1, 0.15) is 0 Å². The minimum Gasteiger partial charge on any atom is -0.292 e. The number of carbonyl (C=O) groups excluding carboxylic acids is 1. The molecule has 1 aliphatic heterocycles. The van der Waals surface area contributed by atoms with Gasteiger partial charge in [-0.25, -0.2) is 0 Å². The summed E-state index contributed by atoms with van der Waals surface area (Å²) >= 11 is 0. The predicted molar refractivity (Wildman–Crippen MR) is 106 cm³/mol. The summed E-state index contributed by atoms with van der Waals surface area (Å²) in [7, 11) is 0. The van der Waals surface area contributed by atoms with Crippen LogP contribution in [0.3, 0.4) is 0 Å². The van der Waals surface area contributed by atoms with Crippen molar-refractivity contribution in [1.29, 1.82) is 0 Å². The van der Waals surface area contributed by atoms with Gasteiger partial charge in [-0.2, -0.15) is 0 Å². The molecule has 130 valence electrons. The molecular weight excluding hydrogens is 318 g/mol. The monoisotopic (exact) mass is 341 g/mol. The molecule has 0 spiro atoms. The van der Waals surface area contributed by atoms with Gasteiger partial charge in [0.25, 0.3) is 0 Å². The zero-order chi connectivity index (χ0) is 18.1. The average molecular weight is 341 g/mol. The van der Waals surface area contributed by atoms with E-state index in [-0.39, 0.29) is 17.9 Å². The number of rotatable bonds is 5. The normalized spacial score (nSPS) is 21.6. The smallest absolute Gasteiger partial charge is 0.181 e. The summed E-state index contributed by atoms with van der Waals surface area (Å²) in [6.07, 6.45) is 0. The Hall–Kier alpha value is -2.71. The van der Waals surface area contributed by atoms with Crippen LogP contribution in [0.5, 0.6) is 0 Å². The number of hydrogen-bond donors (Lipinski definition) is 0. The summed E-state index contributed by atoms with van der Waals surface area (Å²) < 4.78 is 0. The molecule has 1 aliphatic rings. The summed E-state index contributed by atoms with van der Waals surface area (Å²) in [6, 6.07) is 29.1. The highest BCUT2D eigenvalue weighted by molar-refractivity contribution is 6.02. The van der Waals surface area contributed by atoms with Crippen LogP contribution in [0, 0.1) is 0 Å². The van der Waals surface area contributed by atoms with Crippen molar-refractivity contribution >= 4 is 5.78 Å². The topological polar surface area (TPSA) is 20.1 Å². The quantitative estimate of drug-likeness (QED) is 0.459.